The Hall–Kier alpha value is -3.59. The van der Waals surface area contributed by atoms with E-state index in [0.29, 0.717) is 16.7 Å². The highest BCUT2D eigenvalue weighted by molar-refractivity contribution is 7.99. The molecule has 0 saturated heterocycles. The molecule has 0 saturated carbocycles. The van der Waals surface area contributed by atoms with Gasteiger partial charge < -0.3 is 16.4 Å². The molecule has 0 radical (unpaired) electrons. The van der Waals surface area contributed by atoms with Gasteiger partial charge >= 0.3 is 0 Å². The lowest BCUT2D eigenvalue weighted by Crippen LogP contribution is -2.05. The fourth-order valence-corrected chi connectivity index (χ4v) is 3.56. The lowest BCUT2D eigenvalue weighted by Gasteiger charge is -2.10. The van der Waals surface area contributed by atoms with Crippen LogP contribution in [-0.2, 0) is 4.79 Å². The minimum atomic E-state index is -0.106. The van der Waals surface area contributed by atoms with Crippen LogP contribution in [-0.4, -0.2) is 26.1 Å². The maximum absolute atomic E-state index is 11.2. The maximum atomic E-state index is 11.2. The number of rotatable bonds is 5. The third-order valence-corrected chi connectivity index (χ3v) is 4.92. The Bertz CT molecular complexity index is 1190. The minimum absolute atomic E-state index is 0.106. The number of hydrogen-bond acceptors (Lipinski definition) is 7. The van der Waals surface area contributed by atoms with E-state index in [2.05, 4.69) is 30.8 Å². The molecule has 4 rings (SSSR count). The van der Waals surface area contributed by atoms with Crippen molar-refractivity contribution in [3.63, 3.8) is 0 Å². The molecule has 0 aliphatic heterocycles. The highest BCUT2D eigenvalue weighted by atomic mass is 32.2. The smallest absolute Gasteiger partial charge is 0.221 e. The fourth-order valence-electron chi connectivity index (χ4n) is 2.79. The van der Waals surface area contributed by atoms with Crippen LogP contribution in [0.1, 0.15) is 12.6 Å². The number of carbonyl (C=O) groups is 1. The standard InChI is InChI=1S/C20H19N7OS/c1-11-9-18(27-26-11)24-19-16-8-3-13(21)10-17(16)23-20(25-19)29-15-6-4-14(5-7-15)22-12(2)28/h3-10H,21H2,1-2H3,(H,22,28)(H2,23,24,25,26,27). The van der Waals surface area contributed by atoms with Crippen molar-refractivity contribution in [1.29, 1.82) is 0 Å². The molecule has 29 heavy (non-hydrogen) atoms. The summed E-state index contributed by atoms with van der Waals surface area (Å²) in [5, 5.41) is 14.5. The predicted molar refractivity (Wildman–Crippen MR) is 115 cm³/mol. The summed E-state index contributed by atoms with van der Waals surface area (Å²) in [4.78, 5) is 21.4. The van der Waals surface area contributed by atoms with Crippen LogP contribution in [0.15, 0.2) is 58.6 Å². The van der Waals surface area contributed by atoms with Crippen LogP contribution in [0.5, 0.6) is 0 Å². The van der Waals surface area contributed by atoms with Crippen LogP contribution >= 0.6 is 11.8 Å². The molecule has 0 atom stereocenters. The van der Waals surface area contributed by atoms with Crippen molar-refractivity contribution in [2.24, 2.45) is 0 Å². The molecule has 0 fully saturated rings. The number of nitrogen functional groups attached to an aromatic ring is 1. The normalized spacial score (nSPS) is 10.8. The van der Waals surface area contributed by atoms with Crippen molar-refractivity contribution in [2.75, 3.05) is 16.4 Å². The molecule has 4 aromatic rings. The summed E-state index contributed by atoms with van der Waals surface area (Å²) in [6.45, 7) is 3.39. The summed E-state index contributed by atoms with van der Waals surface area (Å²) in [7, 11) is 0. The summed E-state index contributed by atoms with van der Waals surface area (Å²) in [6, 6.07) is 15.0. The Morgan fingerprint density at radius 2 is 1.90 bits per heavy atom. The second-order valence-corrected chi connectivity index (χ2v) is 7.53. The zero-order valence-corrected chi connectivity index (χ0v) is 16.7. The van der Waals surface area contributed by atoms with Gasteiger partial charge in [-0.25, -0.2) is 9.97 Å². The molecule has 0 aliphatic rings. The number of benzene rings is 2. The third-order valence-electron chi connectivity index (χ3n) is 4.04. The van der Waals surface area contributed by atoms with E-state index in [4.69, 9.17) is 5.73 Å². The number of anilines is 4. The first-order valence-corrected chi connectivity index (χ1v) is 9.70. The van der Waals surface area contributed by atoms with Gasteiger partial charge in [-0.1, -0.05) is 0 Å². The number of aromatic nitrogens is 4. The third kappa shape index (κ3) is 4.46. The molecule has 1 amide bonds. The summed E-state index contributed by atoms with van der Waals surface area (Å²) in [5.74, 6) is 1.30. The average Bonchev–Trinajstić information content (AvgIpc) is 3.07. The molecule has 8 nitrogen and oxygen atoms in total. The SMILES string of the molecule is CC(=O)Nc1ccc(Sc2nc(Nc3cc(C)n[nH]3)c3ccc(N)cc3n2)cc1. The van der Waals surface area contributed by atoms with Gasteiger partial charge in [0.15, 0.2) is 5.16 Å². The molecule has 0 spiro atoms. The van der Waals surface area contributed by atoms with Crippen molar-refractivity contribution >= 4 is 51.6 Å². The number of H-pyrrole nitrogens is 1. The van der Waals surface area contributed by atoms with E-state index in [-0.39, 0.29) is 5.91 Å². The molecular formula is C20H19N7OS. The van der Waals surface area contributed by atoms with Crippen LogP contribution in [0.4, 0.5) is 23.0 Å². The Morgan fingerprint density at radius 3 is 2.59 bits per heavy atom. The number of nitrogens with two attached hydrogens (primary N) is 1. The number of fused-ring (bicyclic) bond motifs is 1. The molecule has 5 N–H and O–H groups in total. The first-order chi connectivity index (χ1) is 14.0. The van der Waals surface area contributed by atoms with Gasteiger partial charge in [0.1, 0.15) is 11.6 Å². The number of nitrogens with zero attached hydrogens (tertiary/aromatic N) is 3. The molecule has 146 valence electrons. The van der Waals surface area contributed by atoms with Crippen LogP contribution in [0.25, 0.3) is 10.9 Å². The summed E-state index contributed by atoms with van der Waals surface area (Å²) < 4.78 is 0. The van der Waals surface area contributed by atoms with Crippen LogP contribution in [0.3, 0.4) is 0 Å². The van der Waals surface area contributed by atoms with Crippen LogP contribution in [0, 0.1) is 6.92 Å². The largest absolute Gasteiger partial charge is 0.399 e. The summed E-state index contributed by atoms with van der Waals surface area (Å²) >= 11 is 1.42. The Morgan fingerprint density at radius 1 is 1.10 bits per heavy atom. The van der Waals surface area contributed by atoms with Gasteiger partial charge in [0.2, 0.25) is 5.91 Å². The second-order valence-electron chi connectivity index (χ2n) is 6.49. The van der Waals surface area contributed by atoms with Crippen LogP contribution in [0.2, 0.25) is 0 Å². The Kier molecular flexibility index (Phi) is 5.05. The van der Waals surface area contributed by atoms with Crippen molar-refractivity contribution < 1.29 is 4.79 Å². The quantitative estimate of drug-likeness (QED) is 0.291. The van der Waals surface area contributed by atoms with Crippen molar-refractivity contribution in [3.05, 3.63) is 54.2 Å². The fraction of sp³-hybridized carbons (Fsp3) is 0.100. The van der Waals surface area contributed by atoms with E-state index in [1.807, 2.05) is 55.5 Å². The number of aromatic amines is 1. The molecule has 2 aromatic heterocycles. The first-order valence-electron chi connectivity index (χ1n) is 8.88. The summed E-state index contributed by atoms with van der Waals surface area (Å²) in [6.07, 6.45) is 0. The van der Waals surface area contributed by atoms with Gasteiger partial charge in [-0.3, -0.25) is 9.89 Å². The highest BCUT2D eigenvalue weighted by Gasteiger charge is 2.11. The average molecular weight is 405 g/mol. The van der Waals surface area contributed by atoms with Crippen LogP contribution < -0.4 is 16.4 Å². The molecule has 0 aliphatic carbocycles. The monoisotopic (exact) mass is 405 g/mol. The maximum Gasteiger partial charge on any atom is 0.221 e. The van der Waals surface area contributed by atoms with Crippen molar-refractivity contribution in [3.8, 4) is 0 Å². The number of hydrogen-bond donors (Lipinski definition) is 4. The molecule has 9 heteroatoms. The number of amides is 1. The van der Waals surface area contributed by atoms with Gasteiger partial charge in [-0.05, 0) is 61.2 Å². The lowest BCUT2D eigenvalue weighted by atomic mass is 10.2. The zero-order chi connectivity index (χ0) is 20.4. The number of nitrogens with one attached hydrogen (secondary N) is 3. The van der Waals surface area contributed by atoms with Crippen molar-refractivity contribution in [2.45, 2.75) is 23.9 Å². The number of aryl methyl sites for hydroxylation is 1. The Labute approximate surface area is 171 Å². The highest BCUT2D eigenvalue weighted by Crippen LogP contribution is 2.31. The molecule has 0 bridgehead atoms. The minimum Gasteiger partial charge on any atom is -0.399 e. The zero-order valence-electron chi connectivity index (χ0n) is 15.9. The lowest BCUT2D eigenvalue weighted by molar-refractivity contribution is -0.114. The van der Waals surface area contributed by atoms with E-state index >= 15 is 0 Å². The predicted octanol–water partition coefficient (Wildman–Crippen LogP) is 4.10. The molecule has 2 heterocycles. The van der Waals surface area contributed by atoms with Gasteiger partial charge in [-0.2, -0.15) is 5.10 Å². The van der Waals surface area contributed by atoms with Gasteiger partial charge in [-0.15, -0.1) is 0 Å². The Balaban J connectivity index is 1.67. The van der Waals surface area contributed by atoms with E-state index < -0.39 is 0 Å². The van der Waals surface area contributed by atoms with Gasteiger partial charge in [0, 0.05) is 34.6 Å². The molecule has 0 unspecified atom stereocenters. The van der Waals surface area contributed by atoms with E-state index in [1.54, 1.807) is 0 Å². The van der Waals surface area contributed by atoms with Gasteiger partial charge in [0.05, 0.1) is 11.2 Å². The summed E-state index contributed by atoms with van der Waals surface area (Å²) in [5.41, 5.74) is 8.95. The molecule has 2 aromatic carbocycles. The second kappa shape index (κ2) is 7.80. The topological polar surface area (TPSA) is 122 Å². The van der Waals surface area contributed by atoms with E-state index in [9.17, 15) is 4.79 Å². The van der Waals surface area contributed by atoms with E-state index in [0.717, 1.165) is 33.0 Å². The first kappa shape index (κ1) is 18.8. The van der Waals surface area contributed by atoms with E-state index in [1.165, 1.54) is 18.7 Å². The van der Waals surface area contributed by atoms with Crippen molar-refractivity contribution in [1.82, 2.24) is 20.2 Å². The molecular weight excluding hydrogens is 386 g/mol. The number of carbonyl (C=O) groups excluding carboxylic acids is 1. The van der Waals surface area contributed by atoms with Gasteiger partial charge in [0.25, 0.3) is 0 Å².